The van der Waals surface area contributed by atoms with Crippen molar-refractivity contribution in [3.05, 3.63) is 54.1 Å². The van der Waals surface area contributed by atoms with Gasteiger partial charge in [-0.2, -0.15) is 0 Å². The van der Waals surface area contributed by atoms with Crippen LogP contribution in [0, 0.1) is 0 Å². The van der Waals surface area contributed by atoms with E-state index >= 15 is 0 Å². The Labute approximate surface area is 144 Å². The van der Waals surface area contributed by atoms with E-state index in [-0.39, 0.29) is 11.0 Å². The molecule has 24 heavy (non-hydrogen) atoms. The number of benzene rings is 2. The average molecular weight is 314 g/mol. The van der Waals surface area contributed by atoms with Gasteiger partial charge in [-0.3, -0.25) is 0 Å². The van der Waals surface area contributed by atoms with E-state index < -0.39 is 0 Å². The van der Waals surface area contributed by atoms with Gasteiger partial charge < -0.3 is 9.80 Å². The molecule has 3 heterocycles. The number of hydrogen-bond acceptors (Lipinski definition) is 2. The van der Waals surface area contributed by atoms with Crippen molar-refractivity contribution in [2.24, 2.45) is 0 Å². The van der Waals surface area contributed by atoms with E-state index in [1.165, 1.54) is 33.6 Å². The first-order valence-electron chi connectivity index (χ1n) is 8.83. The second-order valence-electron chi connectivity index (χ2n) is 8.40. The zero-order chi connectivity index (χ0) is 16.9. The summed E-state index contributed by atoms with van der Waals surface area (Å²) < 4.78 is 0. The van der Waals surface area contributed by atoms with Gasteiger partial charge in [0, 0.05) is 35.1 Å². The maximum Gasteiger partial charge on any atom is 0.243 e. The highest BCUT2D eigenvalue weighted by molar-refractivity contribution is 6.93. The van der Waals surface area contributed by atoms with Crippen molar-refractivity contribution >= 4 is 34.7 Å². The summed E-state index contributed by atoms with van der Waals surface area (Å²) in [7, 11) is 2.15. The van der Waals surface area contributed by atoms with E-state index in [0.717, 1.165) is 0 Å². The van der Waals surface area contributed by atoms with E-state index in [4.69, 9.17) is 0 Å². The van der Waals surface area contributed by atoms with Crippen LogP contribution in [0.1, 0.15) is 33.3 Å². The fraction of sp³-hybridized carbons (Fsp3) is 0.333. The Bertz CT molecular complexity index is 910. The summed E-state index contributed by atoms with van der Waals surface area (Å²) in [5.74, 6) is 2.36. The Kier molecular flexibility index (Phi) is 2.42. The molecule has 0 unspecified atom stereocenters. The summed E-state index contributed by atoms with van der Waals surface area (Å²) in [6.45, 7) is 9.92. The monoisotopic (exact) mass is 314 g/mol. The van der Waals surface area contributed by atoms with E-state index in [1.807, 2.05) is 0 Å². The first kappa shape index (κ1) is 14.2. The topological polar surface area (TPSA) is 6.48 Å². The van der Waals surface area contributed by atoms with Crippen LogP contribution in [-0.2, 0) is 5.41 Å². The molecule has 2 aromatic rings. The molecular weight excluding hydrogens is 291 g/mol. The number of rotatable bonds is 0. The van der Waals surface area contributed by atoms with Gasteiger partial charge in [0.15, 0.2) is 0 Å². The molecule has 0 bridgehead atoms. The lowest BCUT2D eigenvalue weighted by atomic mass is 9.37. The van der Waals surface area contributed by atoms with Crippen molar-refractivity contribution in [1.82, 2.24) is 0 Å². The standard InChI is InChI=1S/C21H23BN2/c1-20(2)14-8-6-9-15-19(14)24(21(20,3)4)17-11-7-10-16-18(17)22(15)12-13-23(16)5/h6-13H,1-5H3. The van der Waals surface area contributed by atoms with Gasteiger partial charge in [0.2, 0.25) is 6.71 Å². The molecule has 0 radical (unpaired) electrons. The normalized spacial score (nSPS) is 21.0. The minimum absolute atomic E-state index is 0.0330. The molecule has 0 saturated carbocycles. The van der Waals surface area contributed by atoms with Gasteiger partial charge in [0.25, 0.3) is 0 Å². The molecule has 5 rings (SSSR count). The molecule has 0 atom stereocenters. The highest BCUT2D eigenvalue weighted by Gasteiger charge is 2.55. The molecule has 2 aromatic carbocycles. The van der Waals surface area contributed by atoms with Crippen molar-refractivity contribution in [1.29, 1.82) is 0 Å². The first-order valence-corrected chi connectivity index (χ1v) is 8.83. The largest absolute Gasteiger partial charge is 0.353 e. The molecular formula is C21H23BN2. The number of para-hydroxylation sites is 1. The summed E-state index contributed by atoms with van der Waals surface area (Å²) >= 11 is 0. The van der Waals surface area contributed by atoms with Crippen LogP contribution in [0.2, 0.25) is 0 Å². The first-order chi connectivity index (χ1) is 11.4. The molecule has 0 amide bonds. The molecule has 120 valence electrons. The fourth-order valence-electron chi connectivity index (χ4n) is 4.89. The lowest BCUT2D eigenvalue weighted by Crippen LogP contribution is -2.57. The van der Waals surface area contributed by atoms with Crippen LogP contribution < -0.4 is 20.7 Å². The third-order valence-electron chi connectivity index (χ3n) is 6.88. The van der Waals surface area contributed by atoms with Crippen LogP contribution in [0.5, 0.6) is 0 Å². The average Bonchev–Trinajstić information content (AvgIpc) is 2.71. The lowest BCUT2D eigenvalue weighted by Gasteiger charge is -2.46. The molecule has 2 nitrogen and oxygen atoms in total. The maximum absolute atomic E-state index is 2.61. The van der Waals surface area contributed by atoms with Crippen LogP contribution in [0.25, 0.3) is 0 Å². The van der Waals surface area contributed by atoms with Crippen molar-refractivity contribution in [3.63, 3.8) is 0 Å². The second kappa shape index (κ2) is 4.08. The van der Waals surface area contributed by atoms with Crippen molar-refractivity contribution in [2.45, 2.75) is 38.6 Å². The SMILES string of the molecule is CN1C=CB2c3cccc4c3N(c3cccc1c32)C(C)(C)C4(C)C. The second-order valence-corrected chi connectivity index (χ2v) is 8.40. The fourth-order valence-corrected chi connectivity index (χ4v) is 4.89. The minimum atomic E-state index is 0.0330. The van der Waals surface area contributed by atoms with Gasteiger partial charge in [0.05, 0.1) is 0 Å². The van der Waals surface area contributed by atoms with E-state index in [9.17, 15) is 0 Å². The number of fused-ring (bicyclic) bond motifs is 2. The molecule has 0 N–H and O–H groups in total. The Morgan fingerprint density at radius 2 is 1.62 bits per heavy atom. The Morgan fingerprint density at radius 1 is 0.917 bits per heavy atom. The third kappa shape index (κ3) is 1.37. The summed E-state index contributed by atoms with van der Waals surface area (Å²) in [6, 6.07) is 13.7. The molecule has 0 saturated heterocycles. The highest BCUT2D eigenvalue weighted by atomic mass is 15.3. The molecule has 3 aliphatic heterocycles. The molecule has 0 spiro atoms. The summed E-state index contributed by atoms with van der Waals surface area (Å²) in [5.41, 5.74) is 8.68. The van der Waals surface area contributed by atoms with E-state index in [0.29, 0.717) is 6.71 Å². The molecule has 3 heteroatoms. The summed E-state index contributed by atoms with van der Waals surface area (Å²) in [4.78, 5) is 4.86. The molecule has 0 aliphatic carbocycles. The van der Waals surface area contributed by atoms with Crippen LogP contribution in [-0.4, -0.2) is 19.3 Å². The van der Waals surface area contributed by atoms with Gasteiger partial charge in [-0.1, -0.05) is 44.1 Å². The number of hydrogen-bond donors (Lipinski definition) is 0. The van der Waals surface area contributed by atoms with Gasteiger partial charge >= 0.3 is 0 Å². The molecule has 0 aromatic heterocycles. The van der Waals surface area contributed by atoms with Crippen LogP contribution in [0.15, 0.2) is 48.6 Å². The smallest absolute Gasteiger partial charge is 0.243 e. The van der Waals surface area contributed by atoms with Crippen molar-refractivity contribution in [2.75, 3.05) is 16.8 Å². The lowest BCUT2D eigenvalue weighted by molar-refractivity contribution is 0.330. The predicted octanol–water partition coefficient (Wildman–Crippen LogP) is 3.32. The zero-order valence-electron chi connectivity index (χ0n) is 15.1. The Hall–Kier alpha value is -2.16. The Morgan fingerprint density at radius 3 is 2.42 bits per heavy atom. The predicted molar refractivity (Wildman–Crippen MR) is 105 cm³/mol. The summed E-state index contributed by atoms with van der Waals surface area (Å²) in [6.07, 6.45) is 2.22. The summed E-state index contributed by atoms with van der Waals surface area (Å²) in [5, 5.41) is 0. The number of nitrogens with zero attached hydrogens (tertiary/aromatic N) is 2. The van der Waals surface area contributed by atoms with Crippen LogP contribution >= 0.6 is 0 Å². The van der Waals surface area contributed by atoms with Gasteiger partial charge in [0.1, 0.15) is 0 Å². The van der Waals surface area contributed by atoms with Crippen molar-refractivity contribution < 1.29 is 0 Å². The quantitative estimate of drug-likeness (QED) is 0.688. The third-order valence-corrected chi connectivity index (χ3v) is 6.88. The van der Waals surface area contributed by atoms with Gasteiger partial charge in [-0.25, -0.2) is 0 Å². The van der Waals surface area contributed by atoms with Crippen LogP contribution in [0.3, 0.4) is 0 Å². The van der Waals surface area contributed by atoms with E-state index in [1.54, 1.807) is 0 Å². The maximum atomic E-state index is 2.61. The van der Waals surface area contributed by atoms with E-state index in [2.05, 4.69) is 93.1 Å². The molecule has 0 fully saturated rings. The minimum Gasteiger partial charge on any atom is -0.353 e. The number of anilines is 3. The van der Waals surface area contributed by atoms with Gasteiger partial charge in [-0.05, 0) is 48.7 Å². The zero-order valence-corrected chi connectivity index (χ0v) is 15.1. The van der Waals surface area contributed by atoms with Crippen molar-refractivity contribution in [3.8, 4) is 0 Å². The Balaban J connectivity index is 1.93. The van der Waals surface area contributed by atoms with Gasteiger partial charge in [-0.15, -0.1) is 0 Å². The van der Waals surface area contributed by atoms with Crippen LogP contribution in [0.4, 0.5) is 17.1 Å². The molecule has 3 aliphatic rings. The highest BCUT2D eigenvalue weighted by Crippen LogP contribution is 2.55.